The molecule has 4 nitrogen and oxygen atoms in total. The summed E-state index contributed by atoms with van der Waals surface area (Å²) in [4.78, 5) is 13.2. The molecule has 0 aromatic heterocycles. The van der Waals surface area contributed by atoms with E-state index < -0.39 is 0 Å². The monoisotopic (exact) mass is 189 g/mol. The van der Waals surface area contributed by atoms with Crippen molar-refractivity contribution in [1.29, 1.82) is 0 Å². The van der Waals surface area contributed by atoms with Crippen molar-refractivity contribution < 1.29 is 4.79 Å². The zero-order valence-corrected chi connectivity index (χ0v) is 8.28. The molecule has 5 heteroatoms. The van der Waals surface area contributed by atoms with Gasteiger partial charge >= 0.3 is 0 Å². The predicted octanol–water partition coefficient (Wildman–Crippen LogP) is -0.660. The van der Waals surface area contributed by atoms with Crippen molar-refractivity contribution in [3.63, 3.8) is 0 Å². The summed E-state index contributed by atoms with van der Waals surface area (Å²) in [5.74, 6) is 0.0322. The van der Waals surface area contributed by atoms with Crippen molar-refractivity contribution in [2.45, 2.75) is 6.42 Å². The lowest BCUT2D eigenvalue weighted by Gasteiger charge is -2.14. The smallest absolute Gasteiger partial charge is 0.221 e. The third-order valence-corrected chi connectivity index (χ3v) is 1.55. The number of nitrogens with zero attached hydrogens (tertiary/aromatic N) is 1. The molecule has 0 unspecified atom stereocenters. The SMILES string of the molecule is CNC(=O)CCN(C)CC(N)=S. The first-order valence-corrected chi connectivity index (χ1v) is 4.14. The zero-order valence-electron chi connectivity index (χ0n) is 7.46. The summed E-state index contributed by atoms with van der Waals surface area (Å²) in [5, 5.41) is 2.54. The molecule has 0 aliphatic heterocycles. The molecule has 0 aromatic carbocycles. The van der Waals surface area contributed by atoms with Gasteiger partial charge in [-0.3, -0.25) is 9.69 Å². The molecular formula is C7H15N3OS. The first-order chi connectivity index (χ1) is 5.56. The second-order valence-corrected chi connectivity index (χ2v) is 3.15. The van der Waals surface area contributed by atoms with E-state index in [1.54, 1.807) is 7.05 Å². The fourth-order valence-corrected chi connectivity index (χ4v) is 0.983. The van der Waals surface area contributed by atoms with E-state index >= 15 is 0 Å². The Morgan fingerprint density at radius 3 is 2.67 bits per heavy atom. The van der Waals surface area contributed by atoms with Crippen molar-refractivity contribution >= 4 is 23.1 Å². The quantitative estimate of drug-likeness (QED) is 0.564. The maximum absolute atomic E-state index is 10.8. The second-order valence-electron chi connectivity index (χ2n) is 2.63. The van der Waals surface area contributed by atoms with E-state index in [4.69, 9.17) is 18.0 Å². The standard InChI is InChI=1S/C7H15N3OS/c1-9-7(11)3-4-10(2)5-6(8)12/h3-5H2,1-2H3,(H2,8,12)(H,9,11). The highest BCUT2D eigenvalue weighted by atomic mass is 32.1. The van der Waals surface area contributed by atoms with Gasteiger partial charge in [0.1, 0.15) is 0 Å². The van der Waals surface area contributed by atoms with Gasteiger partial charge in [-0.1, -0.05) is 12.2 Å². The van der Waals surface area contributed by atoms with Gasteiger partial charge in [0.05, 0.1) is 4.99 Å². The molecule has 1 amide bonds. The Kier molecular flexibility index (Phi) is 5.57. The van der Waals surface area contributed by atoms with Crippen molar-refractivity contribution in [3.8, 4) is 0 Å². The van der Waals surface area contributed by atoms with E-state index in [9.17, 15) is 4.79 Å². The van der Waals surface area contributed by atoms with E-state index in [0.717, 1.165) is 0 Å². The number of amides is 1. The number of nitrogens with two attached hydrogens (primary N) is 1. The van der Waals surface area contributed by atoms with Gasteiger partial charge in [-0.25, -0.2) is 0 Å². The minimum atomic E-state index is 0.0322. The maximum atomic E-state index is 10.8. The van der Waals surface area contributed by atoms with Gasteiger partial charge < -0.3 is 11.1 Å². The number of hydrogen-bond donors (Lipinski definition) is 2. The molecule has 0 heterocycles. The van der Waals surface area contributed by atoms with Crippen LogP contribution in [0, 0.1) is 0 Å². The van der Waals surface area contributed by atoms with Gasteiger partial charge in [-0.2, -0.15) is 0 Å². The summed E-state index contributed by atoms with van der Waals surface area (Å²) in [5.41, 5.74) is 5.32. The molecule has 0 aromatic rings. The highest BCUT2D eigenvalue weighted by molar-refractivity contribution is 7.80. The summed E-state index contributed by atoms with van der Waals surface area (Å²) >= 11 is 4.72. The average molecular weight is 189 g/mol. The number of carbonyl (C=O) groups excluding carboxylic acids is 1. The summed E-state index contributed by atoms with van der Waals surface area (Å²) < 4.78 is 0. The lowest BCUT2D eigenvalue weighted by molar-refractivity contribution is -0.120. The molecule has 70 valence electrons. The molecule has 0 fully saturated rings. The molecule has 0 atom stereocenters. The Bertz CT molecular complexity index is 172. The maximum Gasteiger partial charge on any atom is 0.221 e. The highest BCUT2D eigenvalue weighted by Crippen LogP contribution is 1.86. The Morgan fingerprint density at radius 1 is 1.67 bits per heavy atom. The lowest BCUT2D eigenvalue weighted by atomic mass is 10.3. The zero-order chi connectivity index (χ0) is 9.56. The summed E-state index contributed by atoms with van der Waals surface area (Å²) in [6, 6.07) is 0. The highest BCUT2D eigenvalue weighted by Gasteiger charge is 2.02. The number of thiocarbonyl (C=S) groups is 1. The predicted molar refractivity (Wildman–Crippen MR) is 53.0 cm³/mol. The molecule has 0 bridgehead atoms. The Hall–Kier alpha value is -0.680. The summed E-state index contributed by atoms with van der Waals surface area (Å²) in [7, 11) is 3.50. The number of hydrogen-bond acceptors (Lipinski definition) is 3. The van der Waals surface area contributed by atoms with Crippen molar-refractivity contribution in [2.75, 3.05) is 27.2 Å². The molecule has 0 aliphatic rings. The van der Waals surface area contributed by atoms with Gasteiger partial charge in [0, 0.05) is 26.6 Å². The van der Waals surface area contributed by atoms with Crippen LogP contribution < -0.4 is 11.1 Å². The molecule has 0 saturated heterocycles. The number of likely N-dealkylation sites (N-methyl/N-ethyl adjacent to an activating group) is 1. The van der Waals surface area contributed by atoms with Crippen LogP contribution in [0.2, 0.25) is 0 Å². The van der Waals surface area contributed by atoms with E-state index in [1.807, 2.05) is 11.9 Å². The van der Waals surface area contributed by atoms with Gasteiger partial charge in [-0.15, -0.1) is 0 Å². The van der Waals surface area contributed by atoms with Gasteiger partial charge in [0.2, 0.25) is 5.91 Å². The lowest BCUT2D eigenvalue weighted by Crippen LogP contribution is -2.32. The first-order valence-electron chi connectivity index (χ1n) is 3.73. The van der Waals surface area contributed by atoms with E-state index in [2.05, 4.69) is 5.32 Å². The Morgan fingerprint density at radius 2 is 2.25 bits per heavy atom. The molecule has 0 radical (unpaired) electrons. The third-order valence-electron chi connectivity index (χ3n) is 1.43. The molecule has 0 spiro atoms. The minimum Gasteiger partial charge on any atom is -0.392 e. The third kappa shape index (κ3) is 6.06. The van der Waals surface area contributed by atoms with Crippen LogP contribution in [0.1, 0.15) is 6.42 Å². The van der Waals surface area contributed by atoms with Crippen LogP contribution in [0.3, 0.4) is 0 Å². The molecule has 3 N–H and O–H groups in total. The summed E-state index contributed by atoms with van der Waals surface area (Å²) in [6.45, 7) is 1.24. The van der Waals surface area contributed by atoms with Crippen molar-refractivity contribution in [2.24, 2.45) is 5.73 Å². The van der Waals surface area contributed by atoms with E-state index in [0.29, 0.717) is 24.5 Å². The van der Waals surface area contributed by atoms with Crippen LogP contribution in [0.25, 0.3) is 0 Å². The van der Waals surface area contributed by atoms with Crippen LogP contribution in [0.15, 0.2) is 0 Å². The largest absolute Gasteiger partial charge is 0.392 e. The topological polar surface area (TPSA) is 58.4 Å². The van der Waals surface area contributed by atoms with Gasteiger partial charge in [0.25, 0.3) is 0 Å². The van der Waals surface area contributed by atoms with E-state index in [1.165, 1.54) is 0 Å². The fourth-order valence-electron chi connectivity index (χ4n) is 0.762. The van der Waals surface area contributed by atoms with Gasteiger partial charge in [-0.05, 0) is 7.05 Å². The van der Waals surface area contributed by atoms with Crippen LogP contribution >= 0.6 is 12.2 Å². The van der Waals surface area contributed by atoms with Crippen molar-refractivity contribution in [1.82, 2.24) is 10.2 Å². The Balaban J connectivity index is 3.50. The summed E-state index contributed by atoms with van der Waals surface area (Å²) in [6.07, 6.45) is 0.482. The van der Waals surface area contributed by atoms with Crippen LogP contribution in [0.4, 0.5) is 0 Å². The van der Waals surface area contributed by atoms with Crippen LogP contribution in [0.5, 0.6) is 0 Å². The number of carbonyl (C=O) groups is 1. The van der Waals surface area contributed by atoms with E-state index in [-0.39, 0.29) is 5.91 Å². The van der Waals surface area contributed by atoms with Crippen molar-refractivity contribution in [3.05, 3.63) is 0 Å². The number of nitrogens with one attached hydrogen (secondary N) is 1. The van der Waals surface area contributed by atoms with Crippen LogP contribution in [-0.2, 0) is 4.79 Å². The fraction of sp³-hybridized carbons (Fsp3) is 0.714. The average Bonchev–Trinajstić information content (AvgIpc) is 1.99. The molecule has 0 rings (SSSR count). The molecular weight excluding hydrogens is 174 g/mol. The van der Waals surface area contributed by atoms with Crippen LogP contribution in [-0.4, -0.2) is 43.0 Å². The normalized spacial score (nSPS) is 9.92. The van der Waals surface area contributed by atoms with Gasteiger partial charge in [0.15, 0.2) is 0 Å². The minimum absolute atomic E-state index is 0.0322. The number of rotatable bonds is 5. The molecule has 0 aliphatic carbocycles. The molecule has 0 saturated carbocycles. The second kappa shape index (κ2) is 5.91. The Labute approximate surface area is 78.1 Å². The molecule has 12 heavy (non-hydrogen) atoms. The first kappa shape index (κ1) is 11.3.